The molecule has 0 radical (unpaired) electrons. The van der Waals surface area contributed by atoms with Crippen molar-refractivity contribution in [2.75, 3.05) is 11.5 Å². The van der Waals surface area contributed by atoms with Crippen molar-refractivity contribution in [1.29, 1.82) is 0 Å². The van der Waals surface area contributed by atoms with Crippen LogP contribution in [0, 0.1) is 5.92 Å². The summed E-state index contributed by atoms with van der Waals surface area (Å²) in [7, 11) is 0. The highest BCUT2D eigenvalue weighted by atomic mass is 32.2. The van der Waals surface area contributed by atoms with Crippen molar-refractivity contribution in [1.82, 2.24) is 10.1 Å². The quantitative estimate of drug-likeness (QED) is 0.851. The van der Waals surface area contributed by atoms with Crippen LogP contribution in [-0.4, -0.2) is 27.4 Å². The minimum Gasteiger partial charge on any atom is -0.339 e. The minimum atomic E-state index is -0.154. The predicted molar refractivity (Wildman–Crippen MR) is 74.4 cm³/mol. The van der Waals surface area contributed by atoms with Gasteiger partial charge in [0, 0.05) is 11.7 Å². The summed E-state index contributed by atoms with van der Waals surface area (Å²) in [5.41, 5.74) is 0. The monoisotopic (exact) mass is 280 g/mol. The third-order valence-corrected chi connectivity index (χ3v) is 5.52. The number of hydrogen-bond donors (Lipinski definition) is 0. The predicted octanol–water partition coefficient (Wildman–Crippen LogP) is 3.15. The first-order valence-corrected chi connectivity index (χ1v) is 8.37. The molecule has 0 spiro atoms. The van der Waals surface area contributed by atoms with Gasteiger partial charge in [-0.1, -0.05) is 18.5 Å². The molecule has 1 saturated carbocycles. The molecule has 1 unspecified atom stereocenters. The van der Waals surface area contributed by atoms with Crippen LogP contribution in [0.15, 0.2) is 4.52 Å². The van der Waals surface area contributed by atoms with E-state index >= 15 is 0 Å². The van der Waals surface area contributed by atoms with E-state index in [0.717, 1.165) is 30.3 Å². The molecule has 1 atom stereocenters. The van der Waals surface area contributed by atoms with E-state index in [1.54, 1.807) is 11.8 Å². The largest absolute Gasteiger partial charge is 0.339 e. The summed E-state index contributed by atoms with van der Waals surface area (Å²) in [6, 6.07) is 0. The molecule has 4 nitrogen and oxygen atoms in total. The molecule has 3 rings (SSSR count). The van der Waals surface area contributed by atoms with Crippen LogP contribution >= 0.6 is 11.8 Å². The Hall–Kier alpha value is -0.840. The Labute approximate surface area is 117 Å². The van der Waals surface area contributed by atoms with Gasteiger partial charge in [-0.25, -0.2) is 0 Å². The molecule has 1 aliphatic carbocycles. The molecule has 2 aliphatic rings. The van der Waals surface area contributed by atoms with Crippen molar-refractivity contribution in [3.05, 3.63) is 11.7 Å². The maximum Gasteiger partial charge on any atom is 0.238 e. The van der Waals surface area contributed by atoms with E-state index in [-0.39, 0.29) is 11.7 Å². The molecule has 1 aliphatic heterocycles. The minimum absolute atomic E-state index is 0.154. The van der Waals surface area contributed by atoms with E-state index in [4.69, 9.17) is 4.52 Å². The lowest BCUT2D eigenvalue weighted by molar-refractivity contribution is -0.117. The van der Waals surface area contributed by atoms with Gasteiger partial charge in [-0.3, -0.25) is 4.79 Å². The number of carbonyl (C=O) groups excluding carboxylic acids is 1. The van der Waals surface area contributed by atoms with E-state index in [1.165, 1.54) is 19.3 Å². The Balaban J connectivity index is 1.66. The van der Waals surface area contributed by atoms with Crippen LogP contribution in [0.3, 0.4) is 0 Å². The fourth-order valence-corrected chi connectivity index (χ4v) is 4.15. The molecule has 0 N–H and O–H groups in total. The summed E-state index contributed by atoms with van der Waals surface area (Å²) in [6.45, 7) is 2.26. The van der Waals surface area contributed by atoms with E-state index in [0.29, 0.717) is 17.6 Å². The van der Waals surface area contributed by atoms with Crippen LogP contribution in [0.1, 0.15) is 62.6 Å². The number of hydrogen-bond acceptors (Lipinski definition) is 5. The van der Waals surface area contributed by atoms with Gasteiger partial charge in [0.05, 0.1) is 5.75 Å². The molecular formula is C14H20N2O2S. The highest BCUT2D eigenvalue weighted by molar-refractivity contribution is 8.00. The molecule has 0 amide bonds. The Morgan fingerprint density at radius 2 is 2.11 bits per heavy atom. The summed E-state index contributed by atoms with van der Waals surface area (Å²) in [4.78, 5) is 16.2. The Bertz CT molecular complexity index is 452. The Morgan fingerprint density at radius 3 is 2.74 bits per heavy atom. The second-order valence-electron chi connectivity index (χ2n) is 5.65. The number of carbonyl (C=O) groups is 1. The van der Waals surface area contributed by atoms with E-state index in [1.807, 2.05) is 0 Å². The van der Waals surface area contributed by atoms with Crippen molar-refractivity contribution in [2.45, 2.75) is 50.9 Å². The van der Waals surface area contributed by atoms with Gasteiger partial charge >= 0.3 is 0 Å². The lowest BCUT2D eigenvalue weighted by Crippen LogP contribution is -2.14. The van der Waals surface area contributed by atoms with Crippen LogP contribution in [0.5, 0.6) is 0 Å². The SMILES string of the molecule is CCC1CCC(c2noc(C3CSCC3=O)n2)CC1. The maximum absolute atomic E-state index is 11.7. The summed E-state index contributed by atoms with van der Waals surface area (Å²) >= 11 is 1.66. The van der Waals surface area contributed by atoms with Crippen molar-refractivity contribution in [2.24, 2.45) is 5.92 Å². The summed E-state index contributed by atoms with van der Waals surface area (Å²) in [6.07, 6.45) is 6.13. The van der Waals surface area contributed by atoms with Gasteiger partial charge < -0.3 is 4.52 Å². The van der Waals surface area contributed by atoms with Gasteiger partial charge in [0.25, 0.3) is 0 Å². The number of thioether (sulfide) groups is 1. The van der Waals surface area contributed by atoms with E-state index < -0.39 is 0 Å². The lowest BCUT2D eigenvalue weighted by Gasteiger charge is -2.25. The van der Waals surface area contributed by atoms with Crippen molar-refractivity contribution in [3.63, 3.8) is 0 Å². The average molecular weight is 280 g/mol. The molecule has 2 heterocycles. The topological polar surface area (TPSA) is 56.0 Å². The molecule has 1 aromatic rings. The fraction of sp³-hybridized carbons (Fsp3) is 0.786. The molecule has 2 fully saturated rings. The normalized spacial score (nSPS) is 31.8. The lowest BCUT2D eigenvalue weighted by atomic mass is 9.80. The molecule has 1 aromatic heterocycles. The highest BCUT2D eigenvalue weighted by Gasteiger charge is 2.33. The van der Waals surface area contributed by atoms with Crippen LogP contribution in [0.2, 0.25) is 0 Å². The van der Waals surface area contributed by atoms with Crippen LogP contribution in [0.4, 0.5) is 0 Å². The second-order valence-corrected chi connectivity index (χ2v) is 6.68. The molecule has 0 aromatic carbocycles. The first-order valence-electron chi connectivity index (χ1n) is 7.22. The van der Waals surface area contributed by atoms with Crippen molar-refractivity contribution in [3.8, 4) is 0 Å². The second kappa shape index (κ2) is 5.65. The van der Waals surface area contributed by atoms with Crippen LogP contribution < -0.4 is 0 Å². The average Bonchev–Trinajstić information content (AvgIpc) is 3.07. The Kier molecular flexibility index (Phi) is 3.91. The number of Topliss-reactive ketones (excluding diaryl/α,β-unsaturated/α-hetero) is 1. The number of aromatic nitrogens is 2. The fourth-order valence-electron chi connectivity index (χ4n) is 3.06. The maximum atomic E-state index is 11.7. The first kappa shape index (κ1) is 13.2. The van der Waals surface area contributed by atoms with E-state index in [2.05, 4.69) is 17.1 Å². The van der Waals surface area contributed by atoms with Gasteiger partial charge in [0.2, 0.25) is 5.89 Å². The standard InChI is InChI=1S/C14H20N2O2S/c1-2-9-3-5-10(6-4-9)13-15-14(18-16-13)11-7-19-8-12(11)17/h9-11H,2-8H2,1H3. The van der Waals surface area contributed by atoms with E-state index in [9.17, 15) is 4.79 Å². The van der Waals surface area contributed by atoms with Crippen LogP contribution in [0.25, 0.3) is 0 Å². The van der Waals surface area contributed by atoms with Gasteiger partial charge in [0.1, 0.15) is 5.92 Å². The number of nitrogens with zero attached hydrogens (tertiary/aromatic N) is 2. The van der Waals surface area contributed by atoms with Gasteiger partial charge in [-0.2, -0.15) is 16.7 Å². The molecule has 19 heavy (non-hydrogen) atoms. The molecule has 0 bridgehead atoms. The third-order valence-electron chi connectivity index (χ3n) is 4.46. The third kappa shape index (κ3) is 2.71. The summed E-state index contributed by atoms with van der Waals surface area (Å²) in [5, 5.41) is 4.12. The number of ketones is 1. The van der Waals surface area contributed by atoms with Crippen molar-refractivity contribution >= 4 is 17.5 Å². The molecule has 1 saturated heterocycles. The zero-order valence-corrected chi connectivity index (χ0v) is 12.1. The summed E-state index contributed by atoms with van der Waals surface area (Å²) < 4.78 is 5.33. The van der Waals surface area contributed by atoms with Gasteiger partial charge in [-0.05, 0) is 31.6 Å². The van der Waals surface area contributed by atoms with Gasteiger partial charge in [0.15, 0.2) is 11.6 Å². The molecule has 5 heteroatoms. The van der Waals surface area contributed by atoms with Crippen LogP contribution in [-0.2, 0) is 4.79 Å². The zero-order chi connectivity index (χ0) is 13.2. The number of rotatable bonds is 3. The van der Waals surface area contributed by atoms with Gasteiger partial charge in [-0.15, -0.1) is 0 Å². The summed E-state index contributed by atoms with van der Waals surface area (Å²) in [5.74, 6) is 4.14. The molecule has 104 valence electrons. The smallest absolute Gasteiger partial charge is 0.238 e. The Morgan fingerprint density at radius 1 is 1.32 bits per heavy atom. The van der Waals surface area contributed by atoms with Crippen molar-refractivity contribution < 1.29 is 9.32 Å². The zero-order valence-electron chi connectivity index (χ0n) is 11.3. The molecular weight excluding hydrogens is 260 g/mol. The first-order chi connectivity index (χ1) is 9.28. The highest BCUT2D eigenvalue weighted by Crippen LogP contribution is 2.36.